The molecule has 0 fully saturated rings. The minimum absolute atomic E-state index is 1.14. The van der Waals surface area contributed by atoms with Gasteiger partial charge < -0.3 is 0 Å². The van der Waals surface area contributed by atoms with Crippen LogP contribution in [-0.4, -0.2) is 24.9 Å². The van der Waals surface area contributed by atoms with Gasteiger partial charge in [-0.05, 0) is 20.5 Å². The van der Waals surface area contributed by atoms with E-state index >= 15 is 0 Å². The highest BCUT2D eigenvalue weighted by atomic mass is 32.2. The summed E-state index contributed by atoms with van der Waals surface area (Å²) in [6.07, 6.45) is 1.21. The number of nitrogens with zero attached hydrogens (tertiary/aromatic N) is 1. The third kappa shape index (κ3) is 4.43. The molecule has 3 heteroatoms. The van der Waals surface area contributed by atoms with Crippen molar-refractivity contribution in [2.75, 3.05) is 20.6 Å². The van der Waals surface area contributed by atoms with E-state index in [1.807, 2.05) is 7.05 Å². The summed E-state index contributed by atoms with van der Waals surface area (Å²) in [4.78, 5) is 0. The molecule has 50 valence electrons. The normalized spacial score (nSPS) is 10.5. The van der Waals surface area contributed by atoms with E-state index in [9.17, 15) is 0 Å². The van der Waals surface area contributed by atoms with Gasteiger partial charge in [-0.25, -0.2) is 4.31 Å². The summed E-state index contributed by atoms with van der Waals surface area (Å²) in [5.74, 6) is 0. The Balaban J connectivity index is 2.92. The van der Waals surface area contributed by atoms with E-state index in [2.05, 4.69) is 23.0 Å². The smallest absolute Gasteiger partial charge is 0.00956 e. The van der Waals surface area contributed by atoms with Gasteiger partial charge in [0.2, 0.25) is 0 Å². The third-order valence-electron chi connectivity index (χ3n) is 0.786. The standard InChI is InChI=1S/C5H14N2S/c1-4-5-7(3)8-6-2/h6H,4-5H2,1-3H3. The second-order valence-corrected chi connectivity index (χ2v) is 2.86. The summed E-state index contributed by atoms with van der Waals surface area (Å²) in [6, 6.07) is 0. The Labute approximate surface area is 55.9 Å². The van der Waals surface area contributed by atoms with Gasteiger partial charge in [-0.2, -0.15) is 0 Å². The van der Waals surface area contributed by atoms with Gasteiger partial charge in [-0.3, -0.25) is 4.72 Å². The highest BCUT2D eigenvalue weighted by Gasteiger charge is 1.91. The molecule has 0 aliphatic rings. The van der Waals surface area contributed by atoms with Crippen molar-refractivity contribution in [3.8, 4) is 0 Å². The maximum atomic E-state index is 2.99. The largest absolute Gasteiger partial charge is 0.254 e. The fourth-order valence-corrected chi connectivity index (χ4v) is 1.10. The Bertz CT molecular complexity index is 43.7. The molecular formula is C5H14N2S. The average Bonchev–Trinajstić information content (AvgIpc) is 1.68. The zero-order chi connectivity index (χ0) is 6.41. The lowest BCUT2D eigenvalue weighted by Crippen LogP contribution is -2.14. The van der Waals surface area contributed by atoms with E-state index in [0.717, 1.165) is 6.54 Å². The molecule has 0 heterocycles. The Morgan fingerprint density at radius 1 is 1.62 bits per heavy atom. The van der Waals surface area contributed by atoms with E-state index in [-0.39, 0.29) is 0 Å². The maximum absolute atomic E-state index is 2.99. The molecule has 0 radical (unpaired) electrons. The summed E-state index contributed by atoms with van der Waals surface area (Å²) in [6.45, 7) is 3.32. The predicted octanol–water partition coefficient (Wildman–Crippen LogP) is 1.11. The lowest BCUT2D eigenvalue weighted by molar-refractivity contribution is 0.556. The second kappa shape index (κ2) is 5.41. The Morgan fingerprint density at radius 3 is 2.62 bits per heavy atom. The molecule has 0 bridgehead atoms. The number of nitrogens with one attached hydrogen (secondary N) is 1. The van der Waals surface area contributed by atoms with Crippen LogP contribution in [0.1, 0.15) is 13.3 Å². The lowest BCUT2D eigenvalue weighted by Gasteiger charge is -2.11. The van der Waals surface area contributed by atoms with Crippen molar-refractivity contribution >= 4 is 12.1 Å². The van der Waals surface area contributed by atoms with Crippen molar-refractivity contribution in [2.24, 2.45) is 0 Å². The van der Waals surface area contributed by atoms with Crippen molar-refractivity contribution < 1.29 is 0 Å². The van der Waals surface area contributed by atoms with Gasteiger partial charge in [0.25, 0.3) is 0 Å². The molecule has 0 aliphatic carbocycles. The molecule has 0 aromatic heterocycles. The summed E-state index contributed by atoms with van der Waals surface area (Å²) in [5.41, 5.74) is 0. The molecule has 0 aromatic carbocycles. The fraction of sp³-hybridized carbons (Fsp3) is 1.00. The maximum Gasteiger partial charge on any atom is 0.00956 e. The van der Waals surface area contributed by atoms with E-state index < -0.39 is 0 Å². The first-order valence-corrected chi connectivity index (χ1v) is 3.63. The summed E-state index contributed by atoms with van der Waals surface area (Å²) >= 11 is 1.64. The van der Waals surface area contributed by atoms with Gasteiger partial charge in [0, 0.05) is 18.7 Å². The molecule has 0 saturated heterocycles. The molecule has 2 nitrogen and oxygen atoms in total. The molecule has 0 aromatic rings. The van der Waals surface area contributed by atoms with Crippen LogP contribution in [0.2, 0.25) is 0 Å². The fourth-order valence-electron chi connectivity index (χ4n) is 0.516. The van der Waals surface area contributed by atoms with E-state index in [4.69, 9.17) is 0 Å². The SMILES string of the molecule is CCCN(C)SNC. The molecule has 1 N–H and O–H groups in total. The van der Waals surface area contributed by atoms with Crippen LogP contribution >= 0.6 is 12.1 Å². The lowest BCUT2D eigenvalue weighted by atomic mass is 10.5. The molecule has 0 rings (SSSR count). The molecule has 0 saturated carbocycles. The van der Waals surface area contributed by atoms with Crippen molar-refractivity contribution in [1.29, 1.82) is 0 Å². The van der Waals surface area contributed by atoms with Crippen LogP contribution in [0, 0.1) is 0 Å². The highest BCUT2D eigenvalue weighted by molar-refractivity contribution is 7.95. The Hall–Kier alpha value is 0.270. The molecule has 0 atom stereocenters. The molecule has 8 heavy (non-hydrogen) atoms. The second-order valence-electron chi connectivity index (χ2n) is 1.65. The summed E-state index contributed by atoms with van der Waals surface area (Å²) in [7, 11) is 4.00. The van der Waals surface area contributed by atoms with Crippen LogP contribution in [0.15, 0.2) is 0 Å². The summed E-state index contributed by atoms with van der Waals surface area (Å²) < 4.78 is 5.16. The Kier molecular flexibility index (Phi) is 5.59. The van der Waals surface area contributed by atoms with Crippen LogP contribution in [0.5, 0.6) is 0 Å². The number of hydrogen-bond donors (Lipinski definition) is 1. The first-order chi connectivity index (χ1) is 3.81. The third-order valence-corrected chi connectivity index (χ3v) is 1.46. The molecule has 0 aliphatic heterocycles. The first-order valence-electron chi connectivity index (χ1n) is 2.86. The molecule has 0 spiro atoms. The van der Waals surface area contributed by atoms with Crippen molar-refractivity contribution in [3.05, 3.63) is 0 Å². The van der Waals surface area contributed by atoms with Gasteiger partial charge in [-0.15, -0.1) is 0 Å². The number of hydrogen-bond acceptors (Lipinski definition) is 3. The average molecular weight is 134 g/mol. The van der Waals surface area contributed by atoms with Gasteiger partial charge in [0.15, 0.2) is 0 Å². The van der Waals surface area contributed by atoms with Crippen LogP contribution in [0.3, 0.4) is 0 Å². The topological polar surface area (TPSA) is 15.3 Å². The van der Waals surface area contributed by atoms with Crippen LogP contribution in [0.25, 0.3) is 0 Å². The highest BCUT2D eigenvalue weighted by Crippen LogP contribution is 1.98. The monoisotopic (exact) mass is 134 g/mol. The quantitative estimate of drug-likeness (QED) is 0.580. The molecule has 0 amide bonds. The van der Waals surface area contributed by atoms with Crippen molar-refractivity contribution in [2.45, 2.75) is 13.3 Å². The van der Waals surface area contributed by atoms with E-state index in [0.29, 0.717) is 0 Å². The van der Waals surface area contributed by atoms with Crippen LogP contribution in [-0.2, 0) is 0 Å². The molecule has 0 unspecified atom stereocenters. The first kappa shape index (κ1) is 8.27. The minimum atomic E-state index is 1.14. The summed E-state index contributed by atoms with van der Waals surface area (Å²) in [5, 5.41) is 0. The number of rotatable bonds is 4. The minimum Gasteiger partial charge on any atom is -0.254 e. The molecular weight excluding hydrogens is 120 g/mol. The predicted molar refractivity (Wildman–Crippen MR) is 39.6 cm³/mol. The zero-order valence-corrected chi connectivity index (χ0v) is 6.59. The van der Waals surface area contributed by atoms with Crippen molar-refractivity contribution in [3.63, 3.8) is 0 Å². The van der Waals surface area contributed by atoms with E-state index in [1.54, 1.807) is 12.1 Å². The van der Waals surface area contributed by atoms with Crippen LogP contribution in [0.4, 0.5) is 0 Å². The van der Waals surface area contributed by atoms with Gasteiger partial charge in [-0.1, -0.05) is 6.92 Å². The van der Waals surface area contributed by atoms with Gasteiger partial charge in [0.1, 0.15) is 0 Å². The van der Waals surface area contributed by atoms with Crippen LogP contribution < -0.4 is 4.72 Å². The van der Waals surface area contributed by atoms with Crippen molar-refractivity contribution in [1.82, 2.24) is 9.03 Å². The zero-order valence-electron chi connectivity index (χ0n) is 5.77. The van der Waals surface area contributed by atoms with Gasteiger partial charge in [0.05, 0.1) is 0 Å². The van der Waals surface area contributed by atoms with E-state index in [1.165, 1.54) is 6.42 Å². The Morgan fingerprint density at radius 2 is 2.25 bits per heavy atom. The van der Waals surface area contributed by atoms with Gasteiger partial charge >= 0.3 is 0 Å².